The third kappa shape index (κ3) is 5.40. The number of methoxy groups -OCH3 is 2. The first-order chi connectivity index (χ1) is 23.2. The van der Waals surface area contributed by atoms with Gasteiger partial charge in [-0.15, -0.1) is 0 Å². The summed E-state index contributed by atoms with van der Waals surface area (Å²) in [5, 5.41) is 10.4. The van der Waals surface area contributed by atoms with Crippen molar-refractivity contribution in [3.8, 4) is 17.2 Å². The Hall–Kier alpha value is -4.76. The largest absolute Gasteiger partial charge is 0.502 e. The SMILES string of the molecule is COc1cc(C=C[C@H]2C3=CC[C@@H]4C(=O)N(C5CCN(Cc6ccccc6)CC5)C(=O)[C@@H]4[C@@H]3CC3=C2C(=O)C(C)=CC3=O)cc(OC)c1O. The van der Waals surface area contributed by atoms with Crippen molar-refractivity contribution in [2.75, 3.05) is 27.3 Å². The molecule has 4 atom stereocenters. The number of imide groups is 1. The van der Waals surface area contributed by atoms with Crippen molar-refractivity contribution in [2.24, 2.45) is 23.7 Å². The lowest BCUT2D eigenvalue weighted by Gasteiger charge is -2.41. The van der Waals surface area contributed by atoms with Crippen LogP contribution in [0.2, 0.25) is 0 Å². The molecule has 2 fully saturated rings. The third-order valence-electron chi connectivity index (χ3n) is 10.8. The molecule has 0 bridgehead atoms. The number of phenolic OH excluding ortho intramolecular Hbond substituents is 1. The van der Waals surface area contributed by atoms with Crippen LogP contribution >= 0.6 is 0 Å². The van der Waals surface area contributed by atoms with Crippen LogP contribution in [0.4, 0.5) is 0 Å². The summed E-state index contributed by atoms with van der Waals surface area (Å²) in [4.78, 5) is 59.3. The molecule has 1 N–H and O–H groups in total. The molecule has 9 heteroatoms. The molecular weight excluding hydrogens is 608 g/mol. The van der Waals surface area contributed by atoms with Crippen LogP contribution in [0.5, 0.6) is 17.2 Å². The number of rotatable bonds is 7. The van der Waals surface area contributed by atoms with Crippen molar-refractivity contribution in [1.82, 2.24) is 9.80 Å². The highest BCUT2D eigenvalue weighted by Gasteiger charge is 2.57. The van der Waals surface area contributed by atoms with Crippen LogP contribution in [0.15, 0.2) is 83.0 Å². The number of allylic oxidation sites excluding steroid dienone is 7. The topological polar surface area (TPSA) is 113 Å². The summed E-state index contributed by atoms with van der Waals surface area (Å²) in [5.74, 6) is -2.28. The van der Waals surface area contributed by atoms with Gasteiger partial charge in [0.2, 0.25) is 17.6 Å². The second-order valence-corrected chi connectivity index (χ2v) is 13.4. The van der Waals surface area contributed by atoms with Crippen molar-refractivity contribution in [1.29, 1.82) is 0 Å². The fourth-order valence-corrected chi connectivity index (χ4v) is 8.42. The van der Waals surface area contributed by atoms with Crippen LogP contribution < -0.4 is 9.47 Å². The Labute approximate surface area is 280 Å². The smallest absolute Gasteiger partial charge is 0.233 e. The fraction of sp³-hybridized carbons (Fsp3) is 0.385. The van der Waals surface area contributed by atoms with Gasteiger partial charge in [0, 0.05) is 48.3 Å². The molecule has 0 unspecified atom stereocenters. The first-order valence-electron chi connectivity index (χ1n) is 16.7. The Morgan fingerprint density at radius 2 is 1.62 bits per heavy atom. The van der Waals surface area contributed by atoms with E-state index < -0.39 is 17.8 Å². The molecule has 2 saturated heterocycles. The Morgan fingerprint density at radius 1 is 0.938 bits per heavy atom. The molecule has 0 spiro atoms. The van der Waals surface area contributed by atoms with E-state index in [0.29, 0.717) is 28.7 Å². The summed E-state index contributed by atoms with van der Waals surface area (Å²) in [7, 11) is 2.90. The summed E-state index contributed by atoms with van der Waals surface area (Å²) in [6.45, 7) is 4.10. The summed E-state index contributed by atoms with van der Waals surface area (Å²) in [6, 6.07) is 13.5. The van der Waals surface area contributed by atoms with E-state index in [2.05, 4.69) is 17.0 Å². The fourth-order valence-electron chi connectivity index (χ4n) is 8.42. The van der Waals surface area contributed by atoms with E-state index in [4.69, 9.17) is 9.47 Å². The van der Waals surface area contributed by atoms with Gasteiger partial charge in [-0.2, -0.15) is 0 Å². The Balaban J connectivity index is 1.18. The molecule has 0 aromatic heterocycles. The van der Waals surface area contributed by atoms with Gasteiger partial charge in [0.1, 0.15) is 0 Å². The predicted molar refractivity (Wildman–Crippen MR) is 179 cm³/mol. The summed E-state index contributed by atoms with van der Waals surface area (Å²) in [6.07, 6.45) is 9.24. The number of nitrogens with zero attached hydrogens (tertiary/aromatic N) is 2. The standard InChI is InChI=1S/C39H40N2O7/c1-22-17-31(42)30-20-29-26(27(34(30)36(22)43)10-9-24-18-32(47-2)37(44)33(19-24)48-3)11-12-28-35(29)39(46)41(38(28)45)25-13-15-40(16-14-25)21-23-7-5-4-6-8-23/h4-11,17-19,25,27-29,35,44H,12-16,20-21H2,1-3H3/t27-,28-,29+,35-/m0/s1. The van der Waals surface area contributed by atoms with Crippen LogP contribution in [0.3, 0.4) is 0 Å². The van der Waals surface area contributed by atoms with Crippen molar-refractivity contribution >= 4 is 29.5 Å². The zero-order chi connectivity index (χ0) is 33.7. The quantitative estimate of drug-likeness (QED) is 0.252. The minimum Gasteiger partial charge on any atom is -0.502 e. The van der Waals surface area contributed by atoms with E-state index >= 15 is 0 Å². The zero-order valence-electron chi connectivity index (χ0n) is 27.5. The van der Waals surface area contributed by atoms with Crippen LogP contribution in [-0.2, 0) is 25.7 Å². The summed E-state index contributed by atoms with van der Waals surface area (Å²) < 4.78 is 10.7. The third-order valence-corrected chi connectivity index (χ3v) is 10.8. The molecule has 2 aromatic carbocycles. The monoisotopic (exact) mass is 648 g/mol. The number of hydrogen-bond donors (Lipinski definition) is 1. The maximum atomic E-state index is 14.3. The molecular formula is C39H40N2O7. The van der Waals surface area contributed by atoms with E-state index in [1.54, 1.807) is 24.0 Å². The number of aromatic hydroxyl groups is 1. The summed E-state index contributed by atoms with van der Waals surface area (Å²) in [5.41, 5.74) is 4.06. The molecule has 248 valence electrons. The van der Waals surface area contributed by atoms with Crippen molar-refractivity contribution in [3.05, 3.63) is 94.1 Å². The van der Waals surface area contributed by atoms with E-state index in [-0.39, 0.29) is 59.0 Å². The first kappa shape index (κ1) is 31.8. The maximum absolute atomic E-state index is 14.3. The Bertz CT molecular complexity index is 1790. The van der Waals surface area contributed by atoms with Gasteiger partial charge in [-0.1, -0.05) is 54.1 Å². The first-order valence-corrected chi connectivity index (χ1v) is 16.7. The molecule has 5 aliphatic rings. The molecule has 2 aromatic rings. The second-order valence-electron chi connectivity index (χ2n) is 13.4. The molecule has 3 aliphatic carbocycles. The summed E-state index contributed by atoms with van der Waals surface area (Å²) >= 11 is 0. The number of fused-ring (bicyclic) bond motifs is 3. The normalized spacial score (nSPS) is 26.4. The van der Waals surface area contributed by atoms with Gasteiger partial charge < -0.3 is 14.6 Å². The number of ether oxygens (including phenoxy) is 2. The molecule has 9 nitrogen and oxygen atoms in total. The molecule has 2 aliphatic heterocycles. The number of phenols is 1. The van der Waals surface area contributed by atoms with Gasteiger partial charge in [0.25, 0.3) is 0 Å². The molecule has 0 radical (unpaired) electrons. The van der Waals surface area contributed by atoms with Crippen molar-refractivity contribution in [2.45, 2.75) is 45.2 Å². The van der Waals surface area contributed by atoms with Crippen LogP contribution in [-0.4, -0.2) is 71.6 Å². The Morgan fingerprint density at radius 3 is 2.29 bits per heavy atom. The highest BCUT2D eigenvalue weighted by molar-refractivity contribution is 6.23. The minimum atomic E-state index is -0.575. The molecule has 48 heavy (non-hydrogen) atoms. The number of Topliss-reactive ketones (excluding diaryl/α,β-unsaturated/α-hetero) is 1. The van der Waals surface area contributed by atoms with Crippen LogP contribution in [0, 0.1) is 23.7 Å². The van der Waals surface area contributed by atoms with Crippen molar-refractivity contribution in [3.63, 3.8) is 0 Å². The number of hydrogen-bond acceptors (Lipinski definition) is 8. The predicted octanol–water partition coefficient (Wildman–Crippen LogP) is 5.05. The van der Waals surface area contributed by atoms with Gasteiger partial charge in [-0.05, 0) is 67.9 Å². The number of piperidine rings is 1. The number of benzene rings is 2. The average Bonchev–Trinajstić information content (AvgIpc) is 3.36. The zero-order valence-corrected chi connectivity index (χ0v) is 27.5. The number of ketones is 2. The number of likely N-dealkylation sites (tertiary alicyclic amines) is 2. The highest BCUT2D eigenvalue weighted by Crippen LogP contribution is 2.53. The second kappa shape index (κ2) is 12.7. The molecule has 0 saturated carbocycles. The van der Waals surface area contributed by atoms with E-state index in [1.807, 2.05) is 36.4 Å². The number of amides is 2. The molecule has 7 rings (SSSR count). The number of carbonyl (C=O) groups excluding carboxylic acids is 4. The molecule has 2 heterocycles. The number of carbonyl (C=O) groups is 4. The van der Waals surface area contributed by atoms with Crippen LogP contribution in [0.25, 0.3) is 6.08 Å². The van der Waals surface area contributed by atoms with E-state index in [9.17, 15) is 24.3 Å². The lowest BCUT2D eigenvalue weighted by molar-refractivity contribution is -0.144. The Kier molecular flexibility index (Phi) is 8.41. The van der Waals surface area contributed by atoms with E-state index in [1.165, 1.54) is 25.9 Å². The maximum Gasteiger partial charge on any atom is 0.233 e. The lowest BCUT2D eigenvalue weighted by atomic mass is 9.60. The molecule has 2 amide bonds. The lowest BCUT2D eigenvalue weighted by Crippen LogP contribution is -2.47. The van der Waals surface area contributed by atoms with Gasteiger partial charge >= 0.3 is 0 Å². The minimum absolute atomic E-state index is 0.112. The van der Waals surface area contributed by atoms with Crippen molar-refractivity contribution < 1.29 is 33.8 Å². The van der Waals surface area contributed by atoms with Gasteiger partial charge in [-0.25, -0.2) is 0 Å². The van der Waals surface area contributed by atoms with E-state index in [0.717, 1.165) is 38.0 Å². The highest BCUT2D eigenvalue weighted by atomic mass is 16.5. The van der Waals surface area contributed by atoms with Gasteiger partial charge in [-0.3, -0.25) is 29.0 Å². The van der Waals surface area contributed by atoms with Crippen LogP contribution in [0.1, 0.15) is 43.7 Å². The average molecular weight is 649 g/mol. The van der Waals surface area contributed by atoms with Gasteiger partial charge in [0.15, 0.2) is 23.1 Å². The van der Waals surface area contributed by atoms with Gasteiger partial charge in [0.05, 0.1) is 26.1 Å².